The second-order valence-electron chi connectivity index (χ2n) is 5.16. The lowest BCUT2D eigenvalue weighted by atomic mass is 10.1. The fourth-order valence-electron chi connectivity index (χ4n) is 2.16. The van der Waals surface area contributed by atoms with E-state index in [9.17, 15) is 19.2 Å². The predicted octanol–water partition coefficient (Wildman–Crippen LogP) is 1.93. The minimum atomic E-state index is -0.547. The molecular formula is C16H18N2O5S. The number of Topliss-reactive ketones (excluding diaryl/α,β-unsaturated/α-hetero) is 1. The van der Waals surface area contributed by atoms with Crippen LogP contribution in [0.5, 0.6) is 0 Å². The van der Waals surface area contributed by atoms with E-state index >= 15 is 0 Å². The molecule has 0 atom stereocenters. The van der Waals surface area contributed by atoms with Gasteiger partial charge in [0.2, 0.25) is 0 Å². The zero-order chi connectivity index (χ0) is 17.5. The van der Waals surface area contributed by atoms with Crippen molar-refractivity contribution >= 4 is 40.3 Å². The molecular weight excluding hydrogens is 332 g/mol. The highest BCUT2D eigenvalue weighted by Crippen LogP contribution is 2.17. The fraction of sp³-hybridized carbons (Fsp3) is 0.375. The van der Waals surface area contributed by atoms with Crippen LogP contribution in [0.2, 0.25) is 0 Å². The van der Waals surface area contributed by atoms with Crippen LogP contribution >= 0.6 is 11.8 Å². The van der Waals surface area contributed by atoms with Gasteiger partial charge >= 0.3 is 5.97 Å². The molecule has 0 radical (unpaired) electrons. The number of hydrogen-bond acceptors (Lipinski definition) is 6. The van der Waals surface area contributed by atoms with Gasteiger partial charge in [0.15, 0.2) is 12.4 Å². The Kier molecular flexibility index (Phi) is 6.36. The first kappa shape index (κ1) is 18.0. The van der Waals surface area contributed by atoms with E-state index in [1.54, 1.807) is 29.2 Å². The molecule has 0 saturated carbocycles. The average Bonchev–Trinajstić information content (AvgIpc) is 2.96. The van der Waals surface area contributed by atoms with Crippen LogP contribution in [0.25, 0.3) is 0 Å². The summed E-state index contributed by atoms with van der Waals surface area (Å²) in [6, 6.07) is 6.60. The van der Waals surface area contributed by atoms with E-state index in [1.165, 1.54) is 18.7 Å². The zero-order valence-corrected chi connectivity index (χ0v) is 14.1. The van der Waals surface area contributed by atoms with E-state index in [0.29, 0.717) is 24.3 Å². The predicted molar refractivity (Wildman–Crippen MR) is 90.1 cm³/mol. The molecule has 0 aliphatic carbocycles. The number of nitrogens with one attached hydrogen (secondary N) is 1. The molecule has 128 valence electrons. The first-order valence-corrected chi connectivity index (χ1v) is 8.43. The van der Waals surface area contributed by atoms with Gasteiger partial charge in [0, 0.05) is 24.4 Å². The Morgan fingerprint density at radius 3 is 2.71 bits per heavy atom. The molecule has 0 spiro atoms. The van der Waals surface area contributed by atoms with Crippen LogP contribution in [0.15, 0.2) is 24.3 Å². The van der Waals surface area contributed by atoms with Crippen molar-refractivity contribution in [2.45, 2.75) is 13.3 Å². The highest BCUT2D eigenvalue weighted by Gasteiger charge is 2.21. The Bertz CT molecular complexity index is 662. The molecule has 0 unspecified atom stereocenters. The summed E-state index contributed by atoms with van der Waals surface area (Å²) in [5, 5.41) is 2.51. The lowest BCUT2D eigenvalue weighted by Crippen LogP contribution is -2.28. The number of ether oxygens (including phenoxy) is 1. The van der Waals surface area contributed by atoms with Gasteiger partial charge in [0.25, 0.3) is 11.1 Å². The smallest absolute Gasteiger partial charge is 0.308 e. The highest BCUT2D eigenvalue weighted by molar-refractivity contribution is 8.13. The van der Waals surface area contributed by atoms with E-state index < -0.39 is 18.5 Å². The normalized spacial score (nSPS) is 13.7. The fourth-order valence-corrected chi connectivity index (χ4v) is 3.01. The van der Waals surface area contributed by atoms with Crippen molar-refractivity contribution in [3.05, 3.63) is 29.8 Å². The van der Waals surface area contributed by atoms with Crippen LogP contribution in [0.4, 0.5) is 10.5 Å². The van der Waals surface area contributed by atoms with E-state index in [2.05, 4.69) is 5.32 Å². The number of amides is 2. The first-order chi connectivity index (χ1) is 11.5. The van der Waals surface area contributed by atoms with Crippen LogP contribution < -0.4 is 5.32 Å². The number of benzene rings is 1. The van der Waals surface area contributed by atoms with E-state index in [4.69, 9.17) is 4.74 Å². The van der Waals surface area contributed by atoms with Crippen LogP contribution in [0, 0.1) is 0 Å². The summed E-state index contributed by atoms with van der Waals surface area (Å²) >= 11 is 1.22. The Balaban J connectivity index is 1.76. The lowest BCUT2D eigenvalue weighted by molar-refractivity contribution is -0.147. The topological polar surface area (TPSA) is 92.8 Å². The molecule has 1 saturated heterocycles. The molecule has 0 bridgehead atoms. The van der Waals surface area contributed by atoms with E-state index in [1.807, 2.05) is 0 Å². The summed E-state index contributed by atoms with van der Waals surface area (Å²) in [4.78, 5) is 47.9. The van der Waals surface area contributed by atoms with Gasteiger partial charge in [-0.25, -0.2) is 0 Å². The summed E-state index contributed by atoms with van der Waals surface area (Å²) in [5.41, 5.74) is 0.771. The van der Waals surface area contributed by atoms with Crippen LogP contribution in [-0.4, -0.2) is 53.2 Å². The molecule has 24 heavy (non-hydrogen) atoms. The molecule has 1 aliphatic rings. The minimum Gasteiger partial charge on any atom is -0.456 e. The summed E-state index contributed by atoms with van der Waals surface area (Å²) in [6.07, 6.45) is 0.0453. The number of hydrogen-bond donors (Lipinski definition) is 1. The standard InChI is InChI=1S/C16H18N2O5S/c1-11(19)12-4-2-3-5-13(12)17-14(20)10-23-15(21)6-7-18-8-9-24-16(18)22/h2-5H,6-10H2,1H3,(H,17,20). The maximum absolute atomic E-state index is 11.8. The molecule has 1 aliphatic heterocycles. The molecule has 2 amide bonds. The number of thioether (sulfide) groups is 1. The van der Waals surface area contributed by atoms with Crippen molar-refractivity contribution < 1.29 is 23.9 Å². The quantitative estimate of drug-likeness (QED) is 0.597. The molecule has 1 heterocycles. The Morgan fingerprint density at radius 2 is 2.04 bits per heavy atom. The summed E-state index contributed by atoms with van der Waals surface area (Å²) in [7, 11) is 0. The molecule has 8 heteroatoms. The summed E-state index contributed by atoms with van der Waals surface area (Å²) in [5.74, 6) is -0.512. The molecule has 7 nitrogen and oxygen atoms in total. The average molecular weight is 350 g/mol. The van der Waals surface area contributed by atoms with Crippen molar-refractivity contribution in [3.63, 3.8) is 0 Å². The van der Waals surface area contributed by atoms with Crippen molar-refractivity contribution in [1.82, 2.24) is 4.90 Å². The number of carbonyl (C=O) groups excluding carboxylic acids is 4. The summed E-state index contributed by atoms with van der Waals surface area (Å²) in [6.45, 7) is 1.88. The monoisotopic (exact) mass is 350 g/mol. The number of carbonyl (C=O) groups is 4. The SMILES string of the molecule is CC(=O)c1ccccc1NC(=O)COC(=O)CCN1CCSC1=O. The van der Waals surface area contributed by atoms with Gasteiger partial charge in [-0.2, -0.15) is 0 Å². The number of nitrogens with zero attached hydrogens (tertiary/aromatic N) is 1. The molecule has 1 aromatic rings. The van der Waals surface area contributed by atoms with Crippen LogP contribution in [-0.2, 0) is 14.3 Å². The molecule has 2 rings (SSSR count). The number of para-hydroxylation sites is 1. The molecule has 0 aromatic heterocycles. The Labute approximate surface area is 143 Å². The molecule has 1 fully saturated rings. The number of ketones is 1. The van der Waals surface area contributed by atoms with Gasteiger partial charge in [-0.1, -0.05) is 23.9 Å². The minimum absolute atomic E-state index is 0.0404. The Morgan fingerprint density at radius 1 is 1.29 bits per heavy atom. The highest BCUT2D eigenvalue weighted by atomic mass is 32.2. The third kappa shape index (κ3) is 5.09. The van der Waals surface area contributed by atoms with Gasteiger partial charge in [0.1, 0.15) is 0 Å². The van der Waals surface area contributed by atoms with Crippen molar-refractivity contribution in [2.75, 3.05) is 30.8 Å². The Hall–Kier alpha value is -2.35. The maximum atomic E-state index is 11.8. The van der Waals surface area contributed by atoms with Gasteiger partial charge in [-0.15, -0.1) is 0 Å². The molecule has 1 aromatic carbocycles. The third-order valence-electron chi connectivity index (χ3n) is 3.38. The lowest BCUT2D eigenvalue weighted by Gasteiger charge is -2.13. The van der Waals surface area contributed by atoms with Gasteiger partial charge < -0.3 is 15.0 Å². The van der Waals surface area contributed by atoms with E-state index in [0.717, 1.165) is 5.75 Å². The molecule has 1 N–H and O–H groups in total. The summed E-state index contributed by atoms with van der Waals surface area (Å²) < 4.78 is 4.89. The van der Waals surface area contributed by atoms with Crippen molar-refractivity contribution in [2.24, 2.45) is 0 Å². The van der Waals surface area contributed by atoms with Crippen molar-refractivity contribution in [3.8, 4) is 0 Å². The largest absolute Gasteiger partial charge is 0.456 e. The van der Waals surface area contributed by atoms with E-state index in [-0.39, 0.29) is 17.4 Å². The van der Waals surface area contributed by atoms with Crippen LogP contribution in [0.3, 0.4) is 0 Å². The number of rotatable bonds is 7. The van der Waals surface area contributed by atoms with Gasteiger partial charge in [0.05, 0.1) is 12.1 Å². The van der Waals surface area contributed by atoms with Crippen molar-refractivity contribution in [1.29, 1.82) is 0 Å². The maximum Gasteiger partial charge on any atom is 0.308 e. The third-order valence-corrected chi connectivity index (χ3v) is 4.27. The second-order valence-corrected chi connectivity index (χ2v) is 6.21. The van der Waals surface area contributed by atoms with Crippen LogP contribution in [0.1, 0.15) is 23.7 Å². The number of esters is 1. The first-order valence-electron chi connectivity index (χ1n) is 7.44. The second kappa shape index (κ2) is 8.49. The van der Waals surface area contributed by atoms with Gasteiger partial charge in [-0.3, -0.25) is 19.2 Å². The zero-order valence-electron chi connectivity index (χ0n) is 13.2. The van der Waals surface area contributed by atoms with Gasteiger partial charge in [-0.05, 0) is 19.1 Å². The number of anilines is 1.